The van der Waals surface area contributed by atoms with Crippen molar-refractivity contribution in [1.82, 2.24) is 10.2 Å². The predicted octanol–water partition coefficient (Wildman–Crippen LogP) is 1.76. The highest BCUT2D eigenvalue weighted by atomic mass is 35.5. The first-order chi connectivity index (χ1) is 10.0. The first-order valence-electron chi connectivity index (χ1n) is 6.04. The molecular formula is C14H13ClN2O4. The monoisotopic (exact) mass is 308 g/mol. The summed E-state index contributed by atoms with van der Waals surface area (Å²) in [6.45, 7) is 0. The van der Waals surface area contributed by atoms with E-state index in [9.17, 15) is 9.59 Å². The van der Waals surface area contributed by atoms with Gasteiger partial charge in [0.15, 0.2) is 11.5 Å². The van der Waals surface area contributed by atoms with Crippen molar-refractivity contribution in [3.63, 3.8) is 0 Å². The quantitative estimate of drug-likeness (QED) is 0.851. The summed E-state index contributed by atoms with van der Waals surface area (Å²) in [6, 6.07) is 6.76. The van der Waals surface area contributed by atoms with Crippen LogP contribution in [0.5, 0.6) is 11.5 Å². The lowest BCUT2D eigenvalue weighted by Gasteiger charge is -2.09. The summed E-state index contributed by atoms with van der Waals surface area (Å²) >= 11 is 5.32. The SMILES string of the molecule is COc1ccc(-c2cc(CC(=O)Cl)c(=O)[nH]n2)cc1OC. The maximum atomic E-state index is 11.6. The maximum Gasteiger partial charge on any atom is 0.267 e. The van der Waals surface area contributed by atoms with Crippen molar-refractivity contribution in [2.75, 3.05) is 14.2 Å². The van der Waals surface area contributed by atoms with E-state index in [0.717, 1.165) is 0 Å². The number of nitrogens with one attached hydrogen (secondary N) is 1. The molecule has 1 aromatic carbocycles. The molecule has 7 heteroatoms. The van der Waals surface area contributed by atoms with Gasteiger partial charge in [0.1, 0.15) is 0 Å². The number of benzene rings is 1. The van der Waals surface area contributed by atoms with E-state index < -0.39 is 10.8 Å². The number of aromatic nitrogens is 2. The number of halogens is 1. The molecule has 0 fully saturated rings. The van der Waals surface area contributed by atoms with Gasteiger partial charge in [-0.1, -0.05) is 0 Å². The van der Waals surface area contributed by atoms with Crippen molar-refractivity contribution in [3.05, 3.63) is 40.2 Å². The average molecular weight is 309 g/mol. The van der Waals surface area contributed by atoms with Gasteiger partial charge in [-0.3, -0.25) is 9.59 Å². The summed E-state index contributed by atoms with van der Waals surface area (Å²) in [5, 5.41) is 5.70. The molecule has 0 aliphatic rings. The van der Waals surface area contributed by atoms with Crippen LogP contribution in [0, 0.1) is 0 Å². The number of methoxy groups -OCH3 is 2. The first-order valence-corrected chi connectivity index (χ1v) is 6.42. The Morgan fingerprint density at radius 2 is 1.95 bits per heavy atom. The zero-order chi connectivity index (χ0) is 15.4. The summed E-state index contributed by atoms with van der Waals surface area (Å²) in [5.74, 6) is 1.12. The Labute approximate surface area is 125 Å². The molecule has 1 heterocycles. The highest BCUT2D eigenvalue weighted by Crippen LogP contribution is 2.31. The van der Waals surface area contributed by atoms with Crippen LogP contribution in [0.3, 0.4) is 0 Å². The smallest absolute Gasteiger partial charge is 0.267 e. The van der Waals surface area contributed by atoms with Gasteiger partial charge in [-0.15, -0.1) is 0 Å². The van der Waals surface area contributed by atoms with Gasteiger partial charge in [0.25, 0.3) is 5.56 Å². The van der Waals surface area contributed by atoms with Crippen LogP contribution in [0.25, 0.3) is 11.3 Å². The number of carbonyl (C=O) groups excluding carboxylic acids is 1. The Balaban J connectivity index is 2.47. The molecule has 0 aliphatic heterocycles. The average Bonchev–Trinajstić information content (AvgIpc) is 2.48. The van der Waals surface area contributed by atoms with Crippen molar-refractivity contribution in [2.45, 2.75) is 6.42 Å². The fourth-order valence-corrected chi connectivity index (χ4v) is 2.01. The standard InChI is InChI=1S/C14H13ClN2O4/c1-20-11-4-3-8(6-12(11)21-2)10-5-9(7-13(15)18)14(19)17-16-10/h3-6H,7H2,1-2H3,(H,17,19). The lowest BCUT2D eigenvalue weighted by molar-refractivity contribution is -0.111. The van der Waals surface area contributed by atoms with Gasteiger partial charge >= 0.3 is 0 Å². The number of nitrogens with zero attached hydrogens (tertiary/aromatic N) is 1. The fraction of sp³-hybridized carbons (Fsp3) is 0.214. The number of ether oxygens (including phenoxy) is 2. The molecule has 0 unspecified atom stereocenters. The van der Waals surface area contributed by atoms with E-state index in [0.29, 0.717) is 22.8 Å². The third-order valence-electron chi connectivity index (χ3n) is 2.89. The van der Waals surface area contributed by atoms with E-state index in [4.69, 9.17) is 21.1 Å². The van der Waals surface area contributed by atoms with Gasteiger partial charge in [0.05, 0.1) is 26.3 Å². The Kier molecular flexibility index (Phi) is 4.59. The molecular weight excluding hydrogens is 296 g/mol. The summed E-state index contributed by atoms with van der Waals surface area (Å²) in [6.07, 6.45) is -0.153. The van der Waals surface area contributed by atoms with Crippen molar-refractivity contribution >= 4 is 16.8 Å². The van der Waals surface area contributed by atoms with Gasteiger partial charge in [-0.25, -0.2) is 5.10 Å². The minimum Gasteiger partial charge on any atom is -0.493 e. The molecule has 21 heavy (non-hydrogen) atoms. The molecule has 110 valence electrons. The highest BCUT2D eigenvalue weighted by Gasteiger charge is 2.11. The van der Waals surface area contributed by atoms with Gasteiger partial charge in [0, 0.05) is 11.1 Å². The third-order valence-corrected chi connectivity index (χ3v) is 3.02. The van der Waals surface area contributed by atoms with Crippen molar-refractivity contribution in [2.24, 2.45) is 0 Å². The van der Waals surface area contributed by atoms with Gasteiger partial charge < -0.3 is 9.47 Å². The first kappa shape index (κ1) is 15.1. The Bertz CT molecular complexity index is 727. The molecule has 1 N–H and O–H groups in total. The van der Waals surface area contributed by atoms with Gasteiger partial charge in [-0.2, -0.15) is 5.10 Å². The lowest BCUT2D eigenvalue weighted by Crippen LogP contribution is -2.16. The molecule has 0 bridgehead atoms. The molecule has 2 rings (SSSR count). The van der Waals surface area contributed by atoms with E-state index in [1.807, 2.05) is 0 Å². The van der Waals surface area contributed by atoms with E-state index >= 15 is 0 Å². The van der Waals surface area contributed by atoms with E-state index in [2.05, 4.69) is 10.2 Å². The lowest BCUT2D eigenvalue weighted by atomic mass is 10.1. The van der Waals surface area contributed by atoms with E-state index in [1.165, 1.54) is 13.2 Å². The van der Waals surface area contributed by atoms with Crippen LogP contribution in [-0.4, -0.2) is 29.7 Å². The molecule has 0 amide bonds. The fourth-order valence-electron chi connectivity index (χ4n) is 1.87. The van der Waals surface area contributed by atoms with Crippen LogP contribution in [0.15, 0.2) is 29.1 Å². The molecule has 0 atom stereocenters. The Hall–Kier alpha value is -2.34. The molecule has 2 aromatic rings. The second-order valence-electron chi connectivity index (χ2n) is 4.21. The number of H-pyrrole nitrogens is 1. The van der Waals surface area contributed by atoms with Crippen LogP contribution in [0.4, 0.5) is 0 Å². The number of rotatable bonds is 5. The molecule has 6 nitrogen and oxygen atoms in total. The number of hydrogen-bond donors (Lipinski definition) is 1. The Morgan fingerprint density at radius 3 is 2.57 bits per heavy atom. The molecule has 0 saturated heterocycles. The maximum absolute atomic E-state index is 11.6. The number of carbonyl (C=O) groups is 1. The highest BCUT2D eigenvalue weighted by molar-refractivity contribution is 6.63. The van der Waals surface area contributed by atoms with Crippen molar-refractivity contribution in [3.8, 4) is 22.8 Å². The zero-order valence-corrected chi connectivity index (χ0v) is 12.2. The zero-order valence-electron chi connectivity index (χ0n) is 11.5. The Morgan fingerprint density at radius 1 is 1.24 bits per heavy atom. The summed E-state index contributed by atoms with van der Waals surface area (Å²) < 4.78 is 10.4. The predicted molar refractivity (Wildman–Crippen MR) is 78.0 cm³/mol. The van der Waals surface area contributed by atoms with Crippen LogP contribution < -0.4 is 15.0 Å². The second-order valence-corrected chi connectivity index (χ2v) is 4.63. The third kappa shape index (κ3) is 3.41. The number of hydrogen-bond acceptors (Lipinski definition) is 5. The van der Waals surface area contributed by atoms with Gasteiger partial charge in [0.2, 0.25) is 5.24 Å². The van der Waals surface area contributed by atoms with E-state index in [-0.39, 0.29) is 12.0 Å². The van der Waals surface area contributed by atoms with Crippen LogP contribution in [0.2, 0.25) is 0 Å². The summed E-state index contributed by atoms with van der Waals surface area (Å²) in [4.78, 5) is 22.5. The van der Waals surface area contributed by atoms with Crippen molar-refractivity contribution < 1.29 is 14.3 Å². The van der Waals surface area contributed by atoms with Crippen LogP contribution in [0.1, 0.15) is 5.56 Å². The van der Waals surface area contributed by atoms with Crippen molar-refractivity contribution in [1.29, 1.82) is 0 Å². The minimum atomic E-state index is -0.607. The van der Waals surface area contributed by atoms with Crippen LogP contribution in [-0.2, 0) is 11.2 Å². The largest absolute Gasteiger partial charge is 0.493 e. The topological polar surface area (TPSA) is 81.3 Å². The van der Waals surface area contributed by atoms with Crippen LogP contribution >= 0.6 is 11.6 Å². The molecule has 0 spiro atoms. The molecule has 0 aliphatic carbocycles. The second kappa shape index (κ2) is 6.41. The minimum absolute atomic E-state index is 0.153. The van der Waals surface area contributed by atoms with E-state index in [1.54, 1.807) is 25.3 Å². The normalized spacial score (nSPS) is 10.2. The summed E-state index contributed by atoms with van der Waals surface area (Å²) in [7, 11) is 3.07. The molecule has 1 aromatic heterocycles. The number of aromatic amines is 1. The molecule has 0 radical (unpaired) electrons. The summed E-state index contributed by atoms with van der Waals surface area (Å²) in [5.41, 5.74) is 1.04. The molecule has 0 saturated carbocycles. The van der Waals surface area contributed by atoms with Gasteiger partial charge in [-0.05, 0) is 35.9 Å².